The van der Waals surface area contributed by atoms with Crippen molar-refractivity contribution in [1.82, 2.24) is 9.72 Å². The molecule has 3 atom stereocenters. The quantitative estimate of drug-likeness (QED) is 0.733. The number of carboxylic acid groups (broad SMARTS) is 1. The summed E-state index contributed by atoms with van der Waals surface area (Å²) in [5.41, 5.74) is 5.37. The largest absolute Gasteiger partial charge is 0.480 e. The lowest BCUT2D eigenvalue weighted by atomic mass is 10.1. The van der Waals surface area contributed by atoms with Gasteiger partial charge in [-0.1, -0.05) is 11.6 Å². The van der Waals surface area contributed by atoms with Crippen molar-refractivity contribution < 1.29 is 18.6 Å². The summed E-state index contributed by atoms with van der Waals surface area (Å²) in [5.74, 6) is -1.10. The highest BCUT2D eigenvalue weighted by Gasteiger charge is 2.26. The van der Waals surface area contributed by atoms with Gasteiger partial charge >= 0.3 is 11.7 Å². The van der Waals surface area contributed by atoms with Crippen molar-refractivity contribution in [2.24, 2.45) is 5.73 Å². The van der Waals surface area contributed by atoms with Crippen LogP contribution in [0.2, 0.25) is 0 Å². The molecule has 0 amide bonds. The Kier molecular flexibility index (Phi) is 4.71. The van der Waals surface area contributed by atoms with Crippen molar-refractivity contribution in [3.05, 3.63) is 16.4 Å². The molecule has 3 N–H and O–H groups in total. The van der Waals surface area contributed by atoms with E-state index in [4.69, 9.17) is 10.8 Å². The molecule has 1 aromatic heterocycles. The SMILES string of the molecule is NC(CS(=O)CC1CCCCc2noc(=O)n21)C(=O)O. The van der Waals surface area contributed by atoms with Gasteiger partial charge in [-0.3, -0.25) is 18.1 Å². The highest BCUT2D eigenvalue weighted by Crippen LogP contribution is 2.22. The molecule has 1 aliphatic heterocycles. The molecule has 2 heterocycles. The Morgan fingerprint density at radius 1 is 1.60 bits per heavy atom. The molecule has 20 heavy (non-hydrogen) atoms. The first kappa shape index (κ1) is 14.9. The van der Waals surface area contributed by atoms with Gasteiger partial charge in [-0.15, -0.1) is 0 Å². The van der Waals surface area contributed by atoms with Gasteiger partial charge in [0.1, 0.15) is 6.04 Å². The molecule has 8 nitrogen and oxygen atoms in total. The van der Waals surface area contributed by atoms with Crippen LogP contribution in [-0.2, 0) is 22.0 Å². The van der Waals surface area contributed by atoms with Crippen molar-refractivity contribution >= 4 is 16.8 Å². The smallest absolute Gasteiger partial charge is 0.441 e. The Morgan fingerprint density at radius 3 is 3.05 bits per heavy atom. The van der Waals surface area contributed by atoms with Crippen LogP contribution in [0.15, 0.2) is 9.32 Å². The Bertz CT molecular complexity index is 567. The number of carboxylic acids is 1. The standard InChI is InChI=1S/C11H17N3O5S/c12-8(10(15)16)6-20(18)5-7-3-1-2-4-9-13-19-11(17)14(7)9/h7-8H,1-6,12H2,(H,15,16). The summed E-state index contributed by atoms with van der Waals surface area (Å²) in [7, 11) is -1.41. The number of aryl methyl sites for hydroxylation is 1. The second-order valence-corrected chi connectivity index (χ2v) is 6.40. The van der Waals surface area contributed by atoms with Crippen LogP contribution in [0.1, 0.15) is 31.1 Å². The number of aliphatic carboxylic acids is 1. The number of fused-ring (bicyclic) bond motifs is 1. The minimum absolute atomic E-state index is 0.124. The van der Waals surface area contributed by atoms with E-state index < -0.39 is 28.6 Å². The van der Waals surface area contributed by atoms with E-state index in [-0.39, 0.29) is 17.5 Å². The average molecular weight is 303 g/mol. The van der Waals surface area contributed by atoms with Crippen LogP contribution in [0, 0.1) is 0 Å². The molecule has 0 aromatic carbocycles. The van der Waals surface area contributed by atoms with Gasteiger partial charge in [0.2, 0.25) is 0 Å². The number of carbonyl (C=O) groups is 1. The number of nitrogens with zero attached hydrogens (tertiary/aromatic N) is 2. The van der Waals surface area contributed by atoms with E-state index in [9.17, 15) is 13.8 Å². The van der Waals surface area contributed by atoms with Crippen LogP contribution < -0.4 is 11.5 Å². The lowest BCUT2D eigenvalue weighted by Gasteiger charge is -2.16. The minimum Gasteiger partial charge on any atom is -0.480 e. The van der Waals surface area contributed by atoms with E-state index in [1.165, 1.54) is 4.57 Å². The molecule has 0 saturated carbocycles. The van der Waals surface area contributed by atoms with Crippen molar-refractivity contribution in [1.29, 1.82) is 0 Å². The molecule has 1 aromatic rings. The number of nitrogens with two attached hydrogens (primary N) is 1. The zero-order valence-corrected chi connectivity index (χ0v) is 11.7. The maximum atomic E-state index is 12.0. The molecular formula is C11H17N3O5S. The molecule has 0 saturated heterocycles. The second-order valence-electron chi connectivity index (χ2n) is 4.85. The predicted molar refractivity (Wildman–Crippen MR) is 70.8 cm³/mol. The molecule has 112 valence electrons. The number of rotatable bonds is 5. The summed E-state index contributed by atoms with van der Waals surface area (Å²) >= 11 is 0. The highest BCUT2D eigenvalue weighted by atomic mass is 32.2. The summed E-state index contributed by atoms with van der Waals surface area (Å²) in [6.07, 6.45) is 3.14. The normalized spacial score (nSPS) is 21.8. The molecule has 3 unspecified atom stereocenters. The third-order valence-corrected chi connectivity index (χ3v) is 4.81. The topological polar surface area (TPSA) is 128 Å². The third-order valence-electron chi connectivity index (χ3n) is 3.32. The zero-order chi connectivity index (χ0) is 14.7. The van der Waals surface area contributed by atoms with Crippen LogP contribution in [0.25, 0.3) is 0 Å². The molecular weight excluding hydrogens is 286 g/mol. The first-order valence-electron chi connectivity index (χ1n) is 6.39. The summed E-state index contributed by atoms with van der Waals surface area (Å²) in [6.45, 7) is 0. The average Bonchev–Trinajstić information content (AvgIpc) is 2.62. The monoisotopic (exact) mass is 303 g/mol. The molecule has 0 radical (unpaired) electrons. The molecule has 0 bridgehead atoms. The number of hydrogen-bond acceptors (Lipinski definition) is 6. The van der Waals surface area contributed by atoms with Crippen LogP contribution in [0.5, 0.6) is 0 Å². The molecule has 0 fully saturated rings. The Hall–Kier alpha value is -1.48. The fourth-order valence-corrected chi connectivity index (χ4v) is 3.74. The lowest BCUT2D eigenvalue weighted by molar-refractivity contribution is -0.137. The zero-order valence-electron chi connectivity index (χ0n) is 10.9. The number of hydrogen-bond donors (Lipinski definition) is 2. The molecule has 2 rings (SSSR count). The van der Waals surface area contributed by atoms with Crippen LogP contribution in [-0.4, -0.2) is 42.6 Å². The molecule has 0 spiro atoms. The molecule has 9 heteroatoms. The van der Waals surface area contributed by atoms with Gasteiger partial charge in [-0.25, -0.2) is 4.79 Å². The summed E-state index contributed by atoms with van der Waals surface area (Å²) in [6, 6.07) is -1.42. The predicted octanol–water partition coefficient (Wildman–Crippen LogP) is -0.736. The Balaban J connectivity index is 2.09. The van der Waals surface area contributed by atoms with Crippen LogP contribution in [0.3, 0.4) is 0 Å². The van der Waals surface area contributed by atoms with E-state index in [1.54, 1.807) is 0 Å². The first-order chi connectivity index (χ1) is 9.49. The van der Waals surface area contributed by atoms with Gasteiger partial charge in [0.25, 0.3) is 0 Å². The highest BCUT2D eigenvalue weighted by molar-refractivity contribution is 7.85. The first-order valence-corrected chi connectivity index (χ1v) is 7.88. The van der Waals surface area contributed by atoms with E-state index >= 15 is 0 Å². The maximum Gasteiger partial charge on any atom is 0.441 e. The fourth-order valence-electron chi connectivity index (χ4n) is 2.32. The lowest BCUT2D eigenvalue weighted by Crippen LogP contribution is -2.37. The van der Waals surface area contributed by atoms with Crippen molar-refractivity contribution in [2.45, 2.75) is 37.8 Å². The van der Waals surface area contributed by atoms with E-state index in [0.717, 1.165) is 12.8 Å². The summed E-state index contributed by atoms with van der Waals surface area (Å²) in [4.78, 5) is 22.3. The Morgan fingerprint density at radius 2 is 2.35 bits per heavy atom. The minimum atomic E-state index is -1.41. The van der Waals surface area contributed by atoms with Gasteiger partial charge in [-0.2, -0.15) is 0 Å². The maximum absolute atomic E-state index is 12.0. The van der Waals surface area contributed by atoms with Gasteiger partial charge in [-0.05, 0) is 12.8 Å². The van der Waals surface area contributed by atoms with E-state index in [2.05, 4.69) is 9.68 Å². The van der Waals surface area contributed by atoms with Gasteiger partial charge < -0.3 is 10.8 Å². The Labute approximate surface area is 117 Å². The van der Waals surface area contributed by atoms with Crippen LogP contribution in [0.4, 0.5) is 0 Å². The fraction of sp³-hybridized carbons (Fsp3) is 0.727. The van der Waals surface area contributed by atoms with Gasteiger partial charge in [0, 0.05) is 28.7 Å². The van der Waals surface area contributed by atoms with Crippen molar-refractivity contribution in [3.63, 3.8) is 0 Å². The van der Waals surface area contributed by atoms with Crippen molar-refractivity contribution in [3.8, 4) is 0 Å². The van der Waals surface area contributed by atoms with Crippen LogP contribution >= 0.6 is 0 Å². The summed E-state index contributed by atoms with van der Waals surface area (Å²) < 4.78 is 18.1. The van der Waals surface area contributed by atoms with E-state index in [1.807, 2.05) is 0 Å². The second kappa shape index (κ2) is 6.31. The van der Waals surface area contributed by atoms with Crippen molar-refractivity contribution in [2.75, 3.05) is 11.5 Å². The third kappa shape index (κ3) is 3.34. The molecule has 0 aliphatic carbocycles. The molecule has 1 aliphatic rings. The van der Waals surface area contributed by atoms with Gasteiger partial charge in [0.15, 0.2) is 5.82 Å². The summed E-state index contributed by atoms with van der Waals surface area (Å²) in [5, 5.41) is 12.4. The van der Waals surface area contributed by atoms with E-state index in [0.29, 0.717) is 18.7 Å². The van der Waals surface area contributed by atoms with Gasteiger partial charge in [0.05, 0.1) is 6.04 Å². The number of aromatic nitrogens is 2.